The highest BCUT2D eigenvalue weighted by molar-refractivity contribution is 5.94. The van der Waals surface area contributed by atoms with Gasteiger partial charge in [-0.05, 0) is 42.4 Å². The summed E-state index contributed by atoms with van der Waals surface area (Å²) in [5.41, 5.74) is 2.18. The van der Waals surface area contributed by atoms with Crippen molar-refractivity contribution in [3.05, 3.63) is 29.8 Å². The third-order valence-corrected chi connectivity index (χ3v) is 4.90. The number of benzene rings is 1. The second kappa shape index (κ2) is 6.18. The van der Waals surface area contributed by atoms with Crippen molar-refractivity contribution in [3.63, 3.8) is 0 Å². The van der Waals surface area contributed by atoms with Crippen molar-refractivity contribution in [2.75, 3.05) is 5.32 Å². The summed E-state index contributed by atoms with van der Waals surface area (Å²) in [6.07, 6.45) is 5.12. The maximum Gasteiger partial charge on any atom is 0.228 e. The van der Waals surface area contributed by atoms with E-state index in [9.17, 15) is 4.79 Å². The Labute approximate surface area is 127 Å². The number of hydrogen-bond donors (Lipinski definition) is 2. The first kappa shape index (κ1) is 14.6. The van der Waals surface area contributed by atoms with Gasteiger partial charge in [-0.25, -0.2) is 0 Å². The Bertz CT molecular complexity index is 482. The minimum Gasteiger partial charge on any atom is -0.326 e. The molecule has 3 heteroatoms. The zero-order valence-electron chi connectivity index (χ0n) is 13.1. The van der Waals surface area contributed by atoms with Crippen LogP contribution >= 0.6 is 0 Å². The SMILES string of the molecule is CC(C)NCc1ccc(NC(=O)C2C3CCCCC32)cc1. The van der Waals surface area contributed by atoms with Gasteiger partial charge in [0, 0.05) is 24.2 Å². The monoisotopic (exact) mass is 286 g/mol. The van der Waals surface area contributed by atoms with E-state index >= 15 is 0 Å². The molecule has 2 unspecified atom stereocenters. The summed E-state index contributed by atoms with van der Waals surface area (Å²) in [6, 6.07) is 8.70. The molecule has 2 N–H and O–H groups in total. The quantitative estimate of drug-likeness (QED) is 0.869. The molecular weight excluding hydrogens is 260 g/mol. The highest BCUT2D eigenvalue weighted by Crippen LogP contribution is 2.55. The fourth-order valence-corrected chi connectivity index (χ4v) is 3.63. The molecule has 2 fully saturated rings. The third kappa shape index (κ3) is 3.46. The Morgan fingerprint density at radius 1 is 1.14 bits per heavy atom. The smallest absolute Gasteiger partial charge is 0.228 e. The highest BCUT2D eigenvalue weighted by atomic mass is 16.2. The van der Waals surface area contributed by atoms with Crippen LogP contribution in [0.2, 0.25) is 0 Å². The van der Waals surface area contributed by atoms with Crippen LogP contribution in [0.5, 0.6) is 0 Å². The summed E-state index contributed by atoms with van der Waals surface area (Å²) < 4.78 is 0. The average Bonchev–Trinajstić information content (AvgIpc) is 3.21. The number of carbonyl (C=O) groups is 1. The number of hydrogen-bond acceptors (Lipinski definition) is 2. The van der Waals surface area contributed by atoms with Gasteiger partial charge in [0.1, 0.15) is 0 Å². The lowest BCUT2D eigenvalue weighted by molar-refractivity contribution is -0.117. The van der Waals surface area contributed by atoms with Crippen molar-refractivity contribution in [2.24, 2.45) is 17.8 Å². The first-order chi connectivity index (χ1) is 10.1. The average molecular weight is 286 g/mol. The van der Waals surface area contributed by atoms with E-state index in [0.29, 0.717) is 17.9 Å². The normalized spacial score (nSPS) is 27.3. The number of fused-ring (bicyclic) bond motifs is 1. The van der Waals surface area contributed by atoms with Crippen LogP contribution in [0.1, 0.15) is 45.1 Å². The summed E-state index contributed by atoms with van der Waals surface area (Å²) in [5, 5.41) is 6.49. The molecule has 1 amide bonds. The van der Waals surface area contributed by atoms with Crippen molar-refractivity contribution in [1.82, 2.24) is 5.32 Å². The largest absolute Gasteiger partial charge is 0.326 e. The third-order valence-electron chi connectivity index (χ3n) is 4.90. The van der Waals surface area contributed by atoms with Crippen molar-refractivity contribution in [1.29, 1.82) is 0 Å². The van der Waals surface area contributed by atoms with Gasteiger partial charge in [0.05, 0.1) is 0 Å². The van der Waals surface area contributed by atoms with Crippen LogP contribution in [-0.4, -0.2) is 11.9 Å². The van der Waals surface area contributed by atoms with Gasteiger partial charge < -0.3 is 10.6 Å². The summed E-state index contributed by atoms with van der Waals surface area (Å²) in [7, 11) is 0. The Morgan fingerprint density at radius 3 is 2.33 bits per heavy atom. The van der Waals surface area contributed by atoms with E-state index in [0.717, 1.165) is 12.2 Å². The van der Waals surface area contributed by atoms with Crippen molar-refractivity contribution < 1.29 is 4.79 Å². The highest BCUT2D eigenvalue weighted by Gasteiger charge is 2.54. The lowest BCUT2D eigenvalue weighted by Crippen LogP contribution is -2.21. The summed E-state index contributed by atoms with van der Waals surface area (Å²) in [6.45, 7) is 5.16. The van der Waals surface area contributed by atoms with E-state index in [4.69, 9.17) is 0 Å². The van der Waals surface area contributed by atoms with Gasteiger partial charge in [0.25, 0.3) is 0 Å². The number of nitrogens with one attached hydrogen (secondary N) is 2. The fourth-order valence-electron chi connectivity index (χ4n) is 3.63. The molecule has 0 aromatic heterocycles. The van der Waals surface area contributed by atoms with E-state index in [1.165, 1.54) is 31.2 Å². The fraction of sp³-hybridized carbons (Fsp3) is 0.611. The Balaban J connectivity index is 1.52. The zero-order valence-corrected chi connectivity index (χ0v) is 13.1. The number of carbonyl (C=O) groups excluding carboxylic acids is 1. The van der Waals surface area contributed by atoms with E-state index in [1.807, 2.05) is 12.1 Å². The Morgan fingerprint density at radius 2 is 1.76 bits per heavy atom. The lowest BCUT2D eigenvalue weighted by atomic mass is 10.0. The molecule has 2 saturated carbocycles. The van der Waals surface area contributed by atoms with E-state index in [2.05, 4.69) is 36.6 Å². The molecule has 2 aliphatic rings. The molecule has 0 spiro atoms. The van der Waals surface area contributed by atoms with Gasteiger partial charge in [-0.3, -0.25) is 4.79 Å². The van der Waals surface area contributed by atoms with Crippen LogP contribution in [0.4, 0.5) is 5.69 Å². The van der Waals surface area contributed by atoms with Gasteiger partial charge in [0.15, 0.2) is 0 Å². The van der Waals surface area contributed by atoms with Crippen LogP contribution in [0, 0.1) is 17.8 Å². The van der Waals surface area contributed by atoms with E-state index in [-0.39, 0.29) is 11.8 Å². The maximum absolute atomic E-state index is 12.3. The zero-order chi connectivity index (χ0) is 14.8. The molecule has 1 aromatic carbocycles. The molecule has 0 bridgehead atoms. The second-order valence-electron chi connectivity index (χ2n) is 6.86. The summed E-state index contributed by atoms with van der Waals surface area (Å²) >= 11 is 0. The predicted molar refractivity (Wildman–Crippen MR) is 86.0 cm³/mol. The van der Waals surface area contributed by atoms with Crippen LogP contribution in [0.15, 0.2) is 24.3 Å². The van der Waals surface area contributed by atoms with Gasteiger partial charge in [0.2, 0.25) is 5.91 Å². The number of anilines is 1. The van der Waals surface area contributed by atoms with Gasteiger partial charge in [-0.15, -0.1) is 0 Å². The second-order valence-corrected chi connectivity index (χ2v) is 6.86. The molecule has 0 aliphatic heterocycles. The van der Waals surface area contributed by atoms with Crippen LogP contribution in [-0.2, 0) is 11.3 Å². The Hall–Kier alpha value is -1.35. The first-order valence-electron chi connectivity index (χ1n) is 8.28. The lowest BCUT2D eigenvalue weighted by Gasteiger charge is -2.09. The number of amides is 1. The van der Waals surface area contributed by atoms with Crippen molar-refractivity contribution in [3.8, 4) is 0 Å². The van der Waals surface area contributed by atoms with Gasteiger partial charge in [-0.2, -0.15) is 0 Å². The topological polar surface area (TPSA) is 41.1 Å². The molecular formula is C18H26N2O. The van der Waals surface area contributed by atoms with Gasteiger partial charge >= 0.3 is 0 Å². The van der Waals surface area contributed by atoms with E-state index < -0.39 is 0 Å². The minimum atomic E-state index is 0.236. The summed E-state index contributed by atoms with van der Waals surface area (Å²) in [5.74, 6) is 1.87. The van der Waals surface area contributed by atoms with Crippen LogP contribution < -0.4 is 10.6 Å². The summed E-state index contributed by atoms with van der Waals surface area (Å²) in [4.78, 5) is 12.3. The minimum absolute atomic E-state index is 0.236. The molecule has 114 valence electrons. The Kier molecular flexibility index (Phi) is 4.29. The molecule has 2 atom stereocenters. The van der Waals surface area contributed by atoms with E-state index in [1.54, 1.807) is 0 Å². The molecule has 21 heavy (non-hydrogen) atoms. The van der Waals surface area contributed by atoms with Crippen molar-refractivity contribution >= 4 is 11.6 Å². The first-order valence-corrected chi connectivity index (χ1v) is 8.28. The molecule has 3 nitrogen and oxygen atoms in total. The van der Waals surface area contributed by atoms with Crippen LogP contribution in [0.3, 0.4) is 0 Å². The van der Waals surface area contributed by atoms with Gasteiger partial charge in [-0.1, -0.05) is 38.8 Å². The van der Waals surface area contributed by atoms with Crippen molar-refractivity contribution in [2.45, 2.75) is 52.1 Å². The molecule has 0 saturated heterocycles. The molecule has 3 rings (SSSR count). The molecule has 1 aromatic rings. The number of rotatable bonds is 5. The standard InChI is InChI=1S/C18H26N2O/c1-12(2)19-11-13-7-9-14(10-8-13)20-18(21)17-15-5-3-4-6-16(15)17/h7-10,12,15-17,19H,3-6,11H2,1-2H3,(H,20,21). The maximum atomic E-state index is 12.3. The molecule has 0 heterocycles. The molecule has 2 aliphatic carbocycles. The predicted octanol–water partition coefficient (Wildman–Crippen LogP) is 3.56. The van der Waals surface area contributed by atoms with Crippen LogP contribution in [0.25, 0.3) is 0 Å². The molecule has 0 radical (unpaired) electrons.